The fourth-order valence-electron chi connectivity index (χ4n) is 3.43. The number of esters is 2. The van der Waals surface area contributed by atoms with Crippen molar-refractivity contribution in [2.45, 2.75) is 78.1 Å². The molecule has 6 heteroatoms. The molecule has 0 amide bonds. The fraction of sp³-hybridized carbons (Fsp3) is 0.833. The molecule has 1 aliphatic rings. The molecular weight excluding hydrogens is 384 g/mol. The smallest absolute Gasteiger partial charge is 0.309 e. The molecule has 0 aromatic heterocycles. The summed E-state index contributed by atoms with van der Waals surface area (Å²) in [6.45, 7) is 6.42. The molecule has 0 aromatic carbocycles. The van der Waals surface area contributed by atoms with Crippen molar-refractivity contribution in [2.24, 2.45) is 11.8 Å². The summed E-state index contributed by atoms with van der Waals surface area (Å²) in [6.07, 6.45) is 13.5. The molecule has 174 valence electrons. The van der Waals surface area contributed by atoms with Crippen LogP contribution in [-0.4, -0.2) is 51.6 Å². The minimum absolute atomic E-state index is 0.138. The normalized spacial score (nSPS) is 23.3. The maximum absolute atomic E-state index is 12.5. The Morgan fingerprint density at radius 3 is 1.47 bits per heavy atom. The van der Waals surface area contributed by atoms with Crippen LogP contribution in [0, 0.1) is 11.8 Å². The lowest BCUT2D eigenvalue weighted by atomic mass is 9.95. The minimum atomic E-state index is -0.157. The van der Waals surface area contributed by atoms with E-state index in [0.29, 0.717) is 39.3 Å². The highest BCUT2D eigenvalue weighted by Gasteiger charge is 2.20. The molecule has 6 nitrogen and oxygen atoms in total. The van der Waals surface area contributed by atoms with E-state index in [2.05, 4.69) is 13.8 Å². The van der Waals surface area contributed by atoms with Gasteiger partial charge in [0.05, 0.1) is 38.3 Å². The van der Waals surface area contributed by atoms with Gasteiger partial charge in [0.25, 0.3) is 0 Å². The zero-order valence-electron chi connectivity index (χ0n) is 19.1. The van der Waals surface area contributed by atoms with Gasteiger partial charge in [-0.2, -0.15) is 0 Å². The van der Waals surface area contributed by atoms with Gasteiger partial charge in [0.2, 0.25) is 0 Å². The summed E-state index contributed by atoms with van der Waals surface area (Å²) in [5.74, 6) is -0.590. The monoisotopic (exact) mass is 426 g/mol. The highest BCUT2D eigenvalue weighted by atomic mass is 16.6. The second kappa shape index (κ2) is 18.4. The van der Waals surface area contributed by atoms with Crippen molar-refractivity contribution in [3.05, 3.63) is 12.2 Å². The lowest BCUT2D eigenvalue weighted by Crippen LogP contribution is -2.22. The Morgan fingerprint density at radius 1 is 0.667 bits per heavy atom. The molecule has 1 aliphatic heterocycles. The lowest BCUT2D eigenvalue weighted by Gasteiger charge is -2.16. The predicted octanol–water partition coefficient (Wildman–Crippen LogP) is 4.85. The summed E-state index contributed by atoms with van der Waals surface area (Å²) in [7, 11) is 0. The van der Waals surface area contributed by atoms with E-state index in [1.54, 1.807) is 0 Å². The molecule has 2 unspecified atom stereocenters. The molecule has 0 radical (unpaired) electrons. The molecule has 0 aromatic rings. The van der Waals surface area contributed by atoms with Crippen LogP contribution in [0.1, 0.15) is 78.1 Å². The maximum atomic E-state index is 12.5. The Kier molecular flexibility index (Phi) is 16.3. The highest BCUT2D eigenvalue weighted by Crippen LogP contribution is 2.20. The highest BCUT2D eigenvalue weighted by molar-refractivity contribution is 5.73. The molecule has 1 rings (SSSR count). The van der Waals surface area contributed by atoms with Crippen molar-refractivity contribution < 1.29 is 28.5 Å². The zero-order chi connectivity index (χ0) is 21.9. The first kappa shape index (κ1) is 26.6. The van der Waals surface area contributed by atoms with E-state index in [0.717, 1.165) is 51.4 Å². The van der Waals surface area contributed by atoms with Crippen LogP contribution >= 0.6 is 0 Å². The van der Waals surface area contributed by atoms with Crippen LogP contribution in [0.5, 0.6) is 0 Å². The average molecular weight is 427 g/mol. The Labute approximate surface area is 182 Å². The van der Waals surface area contributed by atoms with E-state index in [9.17, 15) is 9.59 Å². The molecule has 0 fully saturated rings. The molecule has 2 atom stereocenters. The lowest BCUT2D eigenvalue weighted by molar-refractivity contribution is -0.152. The van der Waals surface area contributed by atoms with Crippen molar-refractivity contribution in [2.75, 3.05) is 39.6 Å². The number of hydrogen-bond donors (Lipinski definition) is 0. The Hall–Kier alpha value is -1.40. The third kappa shape index (κ3) is 13.0. The first-order valence-corrected chi connectivity index (χ1v) is 11.8. The first-order valence-electron chi connectivity index (χ1n) is 11.8. The van der Waals surface area contributed by atoms with Gasteiger partial charge in [-0.25, -0.2) is 0 Å². The summed E-state index contributed by atoms with van der Waals surface area (Å²) in [6, 6.07) is 0. The van der Waals surface area contributed by atoms with Crippen LogP contribution in [0.2, 0.25) is 0 Å². The van der Waals surface area contributed by atoms with Gasteiger partial charge in [-0.1, -0.05) is 64.5 Å². The number of cyclic esters (lactones) is 2. The van der Waals surface area contributed by atoms with E-state index in [1.165, 1.54) is 0 Å². The Balaban J connectivity index is 2.70. The average Bonchev–Trinajstić information content (AvgIpc) is 2.74. The van der Waals surface area contributed by atoms with Gasteiger partial charge in [0.1, 0.15) is 13.2 Å². The van der Waals surface area contributed by atoms with Crippen molar-refractivity contribution in [1.29, 1.82) is 0 Å². The molecular formula is C24H42O6. The fourth-order valence-corrected chi connectivity index (χ4v) is 3.43. The molecule has 1 heterocycles. The van der Waals surface area contributed by atoms with Gasteiger partial charge < -0.3 is 18.9 Å². The number of hydrogen-bond acceptors (Lipinski definition) is 6. The predicted molar refractivity (Wildman–Crippen MR) is 117 cm³/mol. The second-order valence-electron chi connectivity index (χ2n) is 7.89. The van der Waals surface area contributed by atoms with Crippen molar-refractivity contribution in [1.82, 2.24) is 0 Å². The van der Waals surface area contributed by atoms with Crippen LogP contribution in [0.25, 0.3) is 0 Å². The number of rotatable bonds is 8. The second-order valence-corrected chi connectivity index (χ2v) is 7.89. The van der Waals surface area contributed by atoms with Gasteiger partial charge in [-0.15, -0.1) is 0 Å². The van der Waals surface area contributed by atoms with Crippen molar-refractivity contribution >= 4 is 11.9 Å². The Morgan fingerprint density at radius 2 is 1.07 bits per heavy atom. The van der Waals surface area contributed by atoms with Crippen molar-refractivity contribution in [3.8, 4) is 0 Å². The van der Waals surface area contributed by atoms with Crippen molar-refractivity contribution in [3.63, 3.8) is 0 Å². The minimum Gasteiger partial charge on any atom is -0.463 e. The van der Waals surface area contributed by atoms with E-state index in [-0.39, 0.29) is 37.0 Å². The van der Waals surface area contributed by atoms with E-state index in [4.69, 9.17) is 18.9 Å². The number of ether oxygens (including phenoxy) is 4. The molecule has 0 bridgehead atoms. The Bertz CT molecular complexity index is 434. The van der Waals surface area contributed by atoms with Crippen LogP contribution in [0.4, 0.5) is 0 Å². The van der Waals surface area contributed by atoms with Gasteiger partial charge in [-0.05, 0) is 25.7 Å². The van der Waals surface area contributed by atoms with Gasteiger partial charge in [-0.3, -0.25) is 9.59 Å². The number of carbonyl (C=O) groups is 2. The van der Waals surface area contributed by atoms with E-state index >= 15 is 0 Å². The summed E-state index contributed by atoms with van der Waals surface area (Å²) < 4.78 is 21.7. The molecule has 0 saturated carbocycles. The topological polar surface area (TPSA) is 71.1 Å². The SMILES string of the molecule is CCCCCC1CC=CCC(CCCCC)C(=O)OCCOCCOCCOC1=O. The van der Waals surface area contributed by atoms with Gasteiger partial charge in [0.15, 0.2) is 0 Å². The quantitative estimate of drug-likeness (QED) is 0.314. The van der Waals surface area contributed by atoms with Gasteiger partial charge in [0, 0.05) is 0 Å². The van der Waals surface area contributed by atoms with Crippen LogP contribution in [0.3, 0.4) is 0 Å². The summed E-state index contributed by atoms with van der Waals surface area (Å²) in [4.78, 5) is 25.0. The van der Waals surface area contributed by atoms with Crippen LogP contribution < -0.4 is 0 Å². The number of allylic oxidation sites excluding steroid dienone is 2. The third-order valence-electron chi connectivity index (χ3n) is 5.30. The summed E-state index contributed by atoms with van der Waals surface area (Å²) in [5, 5.41) is 0. The van der Waals surface area contributed by atoms with E-state index in [1.807, 2.05) is 12.2 Å². The molecule has 0 spiro atoms. The summed E-state index contributed by atoms with van der Waals surface area (Å²) >= 11 is 0. The third-order valence-corrected chi connectivity index (χ3v) is 5.30. The summed E-state index contributed by atoms with van der Waals surface area (Å²) in [5.41, 5.74) is 0. The van der Waals surface area contributed by atoms with Crippen LogP contribution in [0.15, 0.2) is 12.2 Å². The van der Waals surface area contributed by atoms with Gasteiger partial charge >= 0.3 is 11.9 Å². The molecule has 0 N–H and O–H groups in total. The number of unbranched alkanes of at least 4 members (excludes halogenated alkanes) is 4. The van der Waals surface area contributed by atoms with E-state index < -0.39 is 0 Å². The maximum Gasteiger partial charge on any atom is 0.309 e. The molecule has 30 heavy (non-hydrogen) atoms. The standard InChI is InChI=1S/C24H42O6/c1-3-5-7-11-21-13-9-10-14-22(12-8-6-4-2)24(26)30-20-18-28-16-15-27-17-19-29-23(21)25/h9-10,21-22H,3-8,11-20H2,1-2H3. The zero-order valence-corrected chi connectivity index (χ0v) is 19.1. The number of carbonyl (C=O) groups excluding carboxylic acids is 2. The molecule has 0 saturated heterocycles. The first-order chi connectivity index (χ1) is 14.7. The van der Waals surface area contributed by atoms with Crippen LogP contribution in [-0.2, 0) is 28.5 Å². The molecule has 0 aliphatic carbocycles. The largest absolute Gasteiger partial charge is 0.463 e.